The Labute approximate surface area is 162 Å². The van der Waals surface area contributed by atoms with Gasteiger partial charge in [-0.15, -0.1) is 11.3 Å². The zero-order valence-electron chi connectivity index (χ0n) is 15.1. The molecule has 27 heavy (non-hydrogen) atoms. The molecule has 2 aromatic rings. The smallest absolute Gasteiger partial charge is 0.339 e. The molecule has 2 aliphatic rings. The molecule has 7 nitrogen and oxygen atoms in total. The van der Waals surface area contributed by atoms with Crippen LogP contribution in [0.15, 0.2) is 23.8 Å². The van der Waals surface area contributed by atoms with Gasteiger partial charge in [-0.3, -0.25) is 4.79 Å². The number of ether oxygens (including phenoxy) is 1. The fourth-order valence-corrected chi connectivity index (χ4v) is 4.69. The molecule has 0 spiro atoms. The summed E-state index contributed by atoms with van der Waals surface area (Å²) in [7, 11) is 0. The average Bonchev–Trinajstić information content (AvgIpc) is 3.17. The first-order valence-corrected chi connectivity index (χ1v) is 10.2. The van der Waals surface area contributed by atoms with E-state index in [1.54, 1.807) is 34.7 Å². The lowest BCUT2D eigenvalue weighted by Crippen LogP contribution is -2.50. The SMILES string of the molecule is O=C(OCC(=O)N1CCN(c2ncccn2)CC1)c1csc2c1CCCC2. The number of rotatable bonds is 4. The van der Waals surface area contributed by atoms with Crippen LogP contribution >= 0.6 is 11.3 Å². The minimum absolute atomic E-state index is 0.152. The predicted molar refractivity (Wildman–Crippen MR) is 102 cm³/mol. The molecule has 0 aromatic carbocycles. The Hall–Kier alpha value is -2.48. The van der Waals surface area contributed by atoms with Crippen molar-refractivity contribution in [1.29, 1.82) is 0 Å². The van der Waals surface area contributed by atoms with Crippen molar-refractivity contribution in [3.8, 4) is 0 Å². The van der Waals surface area contributed by atoms with Crippen molar-refractivity contribution in [2.45, 2.75) is 25.7 Å². The van der Waals surface area contributed by atoms with Crippen LogP contribution in [0.25, 0.3) is 0 Å². The van der Waals surface area contributed by atoms with Crippen molar-refractivity contribution >= 4 is 29.2 Å². The number of thiophene rings is 1. The summed E-state index contributed by atoms with van der Waals surface area (Å²) in [6, 6.07) is 1.78. The van der Waals surface area contributed by atoms with Crippen LogP contribution in [0.2, 0.25) is 0 Å². The van der Waals surface area contributed by atoms with Crippen LogP contribution in [-0.4, -0.2) is 59.5 Å². The van der Waals surface area contributed by atoms with E-state index in [0.29, 0.717) is 37.7 Å². The molecular formula is C19H22N4O3S. The monoisotopic (exact) mass is 386 g/mol. The Bertz CT molecular complexity index is 816. The van der Waals surface area contributed by atoms with Gasteiger partial charge in [0.15, 0.2) is 6.61 Å². The topological polar surface area (TPSA) is 75.6 Å². The standard InChI is InChI=1S/C19H22N4O3S/c24-17(22-8-10-23(11-9-22)19-20-6-3-7-21-19)12-26-18(25)15-13-27-16-5-2-1-4-14(15)16/h3,6-7,13H,1-2,4-5,8-12H2. The largest absolute Gasteiger partial charge is 0.452 e. The van der Waals surface area contributed by atoms with Crippen LogP contribution < -0.4 is 4.90 Å². The zero-order valence-corrected chi connectivity index (χ0v) is 15.9. The molecular weight excluding hydrogens is 364 g/mol. The van der Waals surface area contributed by atoms with Gasteiger partial charge in [0, 0.05) is 48.8 Å². The molecule has 4 rings (SSSR count). The van der Waals surface area contributed by atoms with Gasteiger partial charge in [0.2, 0.25) is 5.95 Å². The van der Waals surface area contributed by atoms with Crippen molar-refractivity contribution in [2.75, 3.05) is 37.7 Å². The highest BCUT2D eigenvalue weighted by Gasteiger charge is 2.25. The first-order valence-electron chi connectivity index (χ1n) is 9.28. The van der Waals surface area contributed by atoms with Gasteiger partial charge >= 0.3 is 5.97 Å². The van der Waals surface area contributed by atoms with E-state index in [2.05, 4.69) is 9.97 Å². The predicted octanol–water partition coefficient (Wildman–Crippen LogP) is 1.92. The summed E-state index contributed by atoms with van der Waals surface area (Å²) in [6.45, 7) is 2.28. The maximum Gasteiger partial charge on any atom is 0.339 e. The second kappa shape index (κ2) is 8.04. The highest BCUT2D eigenvalue weighted by molar-refractivity contribution is 7.10. The second-order valence-electron chi connectivity index (χ2n) is 6.75. The molecule has 3 heterocycles. The van der Waals surface area contributed by atoms with E-state index >= 15 is 0 Å². The summed E-state index contributed by atoms with van der Waals surface area (Å²) in [6.07, 6.45) is 7.69. The van der Waals surface area contributed by atoms with E-state index in [4.69, 9.17) is 4.74 Å². The van der Waals surface area contributed by atoms with Crippen LogP contribution in [0, 0.1) is 0 Å². The van der Waals surface area contributed by atoms with Gasteiger partial charge in [0.05, 0.1) is 5.56 Å². The van der Waals surface area contributed by atoms with E-state index < -0.39 is 0 Å². The Balaban J connectivity index is 1.28. The van der Waals surface area contributed by atoms with Gasteiger partial charge in [0.25, 0.3) is 5.91 Å². The zero-order chi connectivity index (χ0) is 18.6. The normalized spacial score (nSPS) is 16.7. The van der Waals surface area contributed by atoms with E-state index in [1.807, 2.05) is 10.3 Å². The number of aryl methyl sites for hydroxylation is 1. The van der Waals surface area contributed by atoms with Gasteiger partial charge in [-0.25, -0.2) is 14.8 Å². The summed E-state index contributed by atoms with van der Waals surface area (Å²) >= 11 is 1.63. The Morgan fingerprint density at radius 1 is 1.07 bits per heavy atom. The molecule has 0 N–H and O–H groups in total. The number of carbonyl (C=O) groups is 2. The van der Waals surface area contributed by atoms with Crippen LogP contribution in [0.3, 0.4) is 0 Å². The molecule has 0 radical (unpaired) electrons. The molecule has 1 saturated heterocycles. The van der Waals surface area contributed by atoms with Crippen LogP contribution in [0.4, 0.5) is 5.95 Å². The second-order valence-corrected chi connectivity index (χ2v) is 7.72. The first-order chi connectivity index (χ1) is 13.2. The van der Waals surface area contributed by atoms with Crippen molar-refractivity contribution < 1.29 is 14.3 Å². The summed E-state index contributed by atoms with van der Waals surface area (Å²) < 4.78 is 5.32. The van der Waals surface area contributed by atoms with Crippen LogP contribution in [0.1, 0.15) is 33.6 Å². The van der Waals surface area contributed by atoms with Crippen LogP contribution in [-0.2, 0) is 22.4 Å². The number of amides is 1. The first kappa shape index (κ1) is 17.9. The molecule has 0 saturated carbocycles. The summed E-state index contributed by atoms with van der Waals surface area (Å²) in [5, 5.41) is 1.88. The van der Waals surface area contributed by atoms with Crippen molar-refractivity contribution in [3.63, 3.8) is 0 Å². The van der Waals surface area contributed by atoms with E-state index in [1.165, 1.54) is 11.3 Å². The molecule has 1 aliphatic carbocycles. The molecule has 2 aromatic heterocycles. The number of hydrogen-bond acceptors (Lipinski definition) is 7. The van der Waals surface area contributed by atoms with E-state index in [0.717, 1.165) is 24.8 Å². The summed E-state index contributed by atoms with van der Waals surface area (Å²) in [5.74, 6) is 0.151. The number of anilines is 1. The molecule has 8 heteroatoms. The lowest BCUT2D eigenvalue weighted by atomic mass is 9.96. The van der Waals surface area contributed by atoms with Gasteiger partial charge in [-0.05, 0) is 37.3 Å². The number of hydrogen-bond donors (Lipinski definition) is 0. The number of aromatic nitrogens is 2. The van der Waals surface area contributed by atoms with E-state index in [9.17, 15) is 9.59 Å². The number of piperazine rings is 1. The summed E-state index contributed by atoms with van der Waals surface area (Å²) in [5.41, 5.74) is 1.77. The third-order valence-electron chi connectivity index (χ3n) is 5.08. The van der Waals surface area contributed by atoms with Gasteiger partial charge < -0.3 is 14.5 Å². The van der Waals surface area contributed by atoms with Crippen molar-refractivity contribution in [2.24, 2.45) is 0 Å². The molecule has 1 fully saturated rings. The van der Waals surface area contributed by atoms with Crippen LogP contribution in [0.5, 0.6) is 0 Å². The Kier molecular flexibility index (Phi) is 5.33. The molecule has 0 atom stereocenters. The van der Waals surface area contributed by atoms with Gasteiger partial charge in [-0.2, -0.15) is 0 Å². The Morgan fingerprint density at radius 2 is 1.81 bits per heavy atom. The van der Waals surface area contributed by atoms with Gasteiger partial charge in [0.1, 0.15) is 0 Å². The molecule has 0 unspecified atom stereocenters. The number of esters is 1. The minimum Gasteiger partial charge on any atom is -0.452 e. The maximum absolute atomic E-state index is 12.4. The lowest BCUT2D eigenvalue weighted by molar-refractivity contribution is -0.134. The Morgan fingerprint density at radius 3 is 2.59 bits per heavy atom. The maximum atomic E-state index is 12.4. The molecule has 142 valence electrons. The van der Waals surface area contributed by atoms with Gasteiger partial charge in [-0.1, -0.05) is 0 Å². The van der Waals surface area contributed by atoms with Crippen molar-refractivity contribution in [3.05, 3.63) is 39.8 Å². The molecule has 1 amide bonds. The minimum atomic E-state index is -0.376. The van der Waals surface area contributed by atoms with E-state index in [-0.39, 0.29) is 18.5 Å². The number of carbonyl (C=O) groups excluding carboxylic acids is 2. The quantitative estimate of drug-likeness (QED) is 0.748. The highest BCUT2D eigenvalue weighted by Crippen LogP contribution is 2.30. The van der Waals surface area contributed by atoms with Crippen molar-refractivity contribution in [1.82, 2.24) is 14.9 Å². The fourth-order valence-electron chi connectivity index (χ4n) is 3.57. The fraction of sp³-hybridized carbons (Fsp3) is 0.474. The third kappa shape index (κ3) is 3.95. The highest BCUT2D eigenvalue weighted by atomic mass is 32.1. The lowest BCUT2D eigenvalue weighted by Gasteiger charge is -2.34. The molecule has 0 bridgehead atoms. The molecule has 1 aliphatic heterocycles. The average molecular weight is 386 g/mol. The summed E-state index contributed by atoms with van der Waals surface area (Å²) in [4.78, 5) is 38.3. The number of fused-ring (bicyclic) bond motifs is 1. The number of nitrogens with zero attached hydrogens (tertiary/aromatic N) is 4. The third-order valence-corrected chi connectivity index (χ3v) is 6.16.